The zero-order valence-electron chi connectivity index (χ0n) is 10.6. The number of halogens is 3. The molecule has 0 spiro atoms. The molecular formula is C15H19BrClF. The lowest BCUT2D eigenvalue weighted by Gasteiger charge is -2.33. The zero-order chi connectivity index (χ0) is 13.1. The van der Waals surface area contributed by atoms with Gasteiger partial charge in [0.2, 0.25) is 0 Å². The summed E-state index contributed by atoms with van der Waals surface area (Å²) in [6, 6.07) is 4.95. The topological polar surface area (TPSA) is 0 Å². The monoisotopic (exact) mass is 332 g/mol. The van der Waals surface area contributed by atoms with Crippen molar-refractivity contribution in [3.63, 3.8) is 0 Å². The van der Waals surface area contributed by atoms with E-state index in [9.17, 15) is 4.39 Å². The molecule has 0 amide bonds. The minimum Gasteiger partial charge on any atom is -0.207 e. The molecule has 0 aliphatic heterocycles. The van der Waals surface area contributed by atoms with Gasteiger partial charge in [-0.2, -0.15) is 0 Å². The van der Waals surface area contributed by atoms with E-state index in [2.05, 4.69) is 22.9 Å². The maximum Gasteiger partial charge on any atom is 0.127 e. The molecular weight excluding hydrogens is 315 g/mol. The van der Waals surface area contributed by atoms with Gasteiger partial charge in [0.05, 0.1) is 0 Å². The van der Waals surface area contributed by atoms with Crippen molar-refractivity contribution < 1.29 is 4.39 Å². The second kappa shape index (κ2) is 6.38. The first-order valence-corrected chi connectivity index (χ1v) is 7.98. The highest BCUT2D eigenvalue weighted by Crippen LogP contribution is 2.38. The SMILES string of the molecule is CCC1CCC(Br)C(Cc2c(F)cccc2Cl)C1. The zero-order valence-corrected chi connectivity index (χ0v) is 13.0. The summed E-state index contributed by atoms with van der Waals surface area (Å²) in [7, 11) is 0. The van der Waals surface area contributed by atoms with Gasteiger partial charge in [-0.3, -0.25) is 0 Å². The van der Waals surface area contributed by atoms with Crippen molar-refractivity contribution in [1.29, 1.82) is 0 Å². The van der Waals surface area contributed by atoms with Gasteiger partial charge in [0.15, 0.2) is 0 Å². The van der Waals surface area contributed by atoms with Gasteiger partial charge in [0.25, 0.3) is 0 Å². The van der Waals surface area contributed by atoms with E-state index < -0.39 is 0 Å². The average Bonchev–Trinajstić information content (AvgIpc) is 2.36. The molecule has 1 aliphatic carbocycles. The fourth-order valence-electron chi connectivity index (χ4n) is 2.90. The lowest BCUT2D eigenvalue weighted by Crippen LogP contribution is -2.27. The minimum absolute atomic E-state index is 0.166. The van der Waals surface area contributed by atoms with Gasteiger partial charge in [0.1, 0.15) is 5.82 Å². The van der Waals surface area contributed by atoms with E-state index in [1.807, 2.05) is 0 Å². The van der Waals surface area contributed by atoms with Crippen LogP contribution < -0.4 is 0 Å². The highest BCUT2D eigenvalue weighted by Gasteiger charge is 2.29. The Morgan fingerprint density at radius 2 is 2.17 bits per heavy atom. The molecule has 0 bridgehead atoms. The van der Waals surface area contributed by atoms with Crippen LogP contribution in [-0.2, 0) is 6.42 Å². The van der Waals surface area contributed by atoms with E-state index in [1.165, 1.54) is 31.7 Å². The van der Waals surface area contributed by atoms with Crippen LogP contribution in [0.5, 0.6) is 0 Å². The van der Waals surface area contributed by atoms with Crippen molar-refractivity contribution in [3.05, 3.63) is 34.6 Å². The summed E-state index contributed by atoms with van der Waals surface area (Å²) in [5, 5.41) is 0.563. The molecule has 1 fully saturated rings. The van der Waals surface area contributed by atoms with E-state index in [4.69, 9.17) is 11.6 Å². The van der Waals surface area contributed by atoms with E-state index in [0.717, 1.165) is 12.3 Å². The van der Waals surface area contributed by atoms with Crippen LogP contribution in [0.25, 0.3) is 0 Å². The lowest BCUT2D eigenvalue weighted by atomic mass is 9.77. The number of rotatable bonds is 3. The van der Waals surface area contributed by atoms with Gasteiger partial charge in [0, 0.05) is 15.4 Å². The molecule has 1 aromatic rings. The second-order valence-electron chi connectivity index (χ2n) is 5.27. The number of hydrogen-bond acceptors (Lipinski definition) is 0. The van der Waals surface area contributed by atoms with Gasteiger partial charge in [-0.1, -0.05) is 46.9 Å². The molecule has 1 aromatic carbocycles. The van der Waals surface area contributed by atoms with Crippen LogP contribution in [0.3, 0.4) is 0 Å². The second-order valence-corrected chi connectivity index (χ2v) is 6.85. The summed E-state index contributed by atoms with van der Waals surface area (Å²) in [6.07, 6.45) is 5.62. The molecule has 0 heterocycles. The molecule has 0 N–H and O–H groups in total. The Morgan fingerprint density at radius 3 is 2.83 bits per heavy atom. The largest absolute Gasteiger partial charge is 0.207 e. The molecule has 1 aliphatic rings. The molecule has 3 heteroatoms. The first-order chi connectivity index (χ1) is 8.61. The van der Waals surface area contributed by atoms with E-state index in [-0.39, 0.29) is 5.82 Å². The van der Waals surface area contributed by atoms with Crippen LogP contribution in [0.1, 0.15) is 38.2 Å². The van der Waals surface area contributed by atoms with Crippen LogP contribution >= 0.6 is 27.5 Å². The molecule has 18 heavy (non-hydrogen) atoms. The first-order valence-electron chi connectivity index (χ1n) is 6.68. The number of alkyl halides is 1. The van der Waals surface area contributed by atoms with E-state index in [1.54, 1.807) is 12.1 Å². The molecule has 0 radical (unpaired) electrons. The van der Waals surface area contributed by atoms with Gasteiger partial charge in [-0.15, -0.1) is 0 Å². The molecule has 2 rings (SSSR count). The van der Waals surface area contributed by atoms with Crippen molar-refractivity contribution in [2.24, 2.45) is 11.8 Å². The summed E-state index contributed by atoms with van der Waals surface area (Å²) in [5.74, 6) is 1.12. The van der Waals surface area contributed by atoms with Gasteiger partial charge >= 0.3 is 0 Å². The molecule has 3 unspecified atom stereocenters. The Hall–Kier alpha value is -0.0800. The number of benzene rings is 1. The van der Waals surface area contributed by atoms with Gasteiger partial charge in [-0.05, 0) is 49.7 Å². The molecule has 0 aromatic heterocycles. The normalized spacial score (nSPS) is 28.3. The smallest absolute Gasteiger partial charge is 0.127 e. The Labute approximate surface area is 122 Å². The molecule has 100 valence electrons. The van der Waals surface area contributed by atoms with Crippen molar-refractivity contribution >= 4 is 27.5 Å². The van der Waals surface area contributed by atoms with Crippen molar-refractivity contribution in [2.45, 2.75) is 43.9 Å². The van der Waals surface area contributed by atoms with Crippen LogP contribution in [-0.4, -0.2) is 4.83 Å². The van der Waals surface area contributed by atoms with E-state index in [0.29, 0.717) is 21.3 Å². The van der Waals surface area contributed by atoms with Crippen LogP contribution in [0.4, 0.5) is 4.39 Å². The maximum atomic E-state index is 13.8. The van der Waals surface area contributed by atoms with Gasteiger partial charge in [-0.25, -0.2) is 4.39 Å². The van der Waals surface area contributed by atoms with Crippen molar-refractivity contribution in [3.8, 4) is 0 Å². The van der Waals surface area contributed by atoms with Crippen LogP contribution in [0.15, 0.2) is 18.2 Å². The average molecular weight is 334 g/mol. The number of hydrogen-bond donors (Lipinski definition) is 0. The van der Waals surface area contributed by atoms with Gasteiger partial charge < -0.3 is 0 Å². The van der Waals surface area contributed by atoms with E-state index >= 15 is 0 Å². The first kappa shape index (κ1) is 14.3. The Bertz CT molecular complexity index is 387. The van der Waals surface area contributed by atoms with Crippen LogP contribution in [0, 0.1) is 17.7 Å². The predicted octanol–water partition coefficient (Wildman–Crippen LogP) is 5.61. The highest BCUT2D eigenvalue weighted by molar-refractivity contribution is 9.09. The maximum absolute atomic E-state index is 13.8. The molecule has 0 saturated heterocycles. The summed E-state index contributed by atoms with van der Waals surface area (Å²) in [5.41, 5.74) is 0.686. The van der Waals surface area contributed by atoms with Crippen molar-refractivity contribution in [1.82, 2.24) is 0 Å². The Balaban J connectivity index is 2.12. The highest BCUT2D eigenvalue weighted by atomic mass is 79.9. The predicted molar refractivity (Wildman–Crippen MR) is 79.0 cm³/mol. The summed E-state index contributed by atoms with van der Waals surface area (Å²) < 4.78 is 13.8. The third kappa shape index (κ3) is 3.27. The Morgan fingerprint density at radius 1 is 1.39 bits per heavy atom. The summed E-state index contributed by atoms with van der Waals surface area (Å²) >= 11 is 9.86. The standard InChI is InChI=1S/C15H19BrClF/c1-2-10-6-7-13(16)11(8-10)9-12-14(17)4-3-5-15(12)18/h3-5,10-11,13H,2,6-9H2,1H3. The Kier molecular flexibility index (Phi) is 5.08. The molecule has 3 atom stereocenters. The third-order valence-electron chi connectivity index (χ3n) is 4.10. The molecule has 0 nitrogen and oxygen atoms in total. The van der Waals surface area contributed by atoms with Crippen LogP contribution in [0.2, 0.25) is 5.02 Å². The third-order valence-corrected chi connectivity index (χ3v) is 5.66. The summed E-state index contributed by atoms with van der Waals surface area (Å²) in [4.78, 5) is 0.496. The van der Waals surface area contributed by atoms with Crippen molar-refractivity contribution in [2.75, 3.05) is 0 Å². The minimum atomic E-state index is -0.166. The fourth-order valence-corrected chi connectivity index (χ4v) is 3.80. The summed E-state index contributed by atoms with van der Waals surface area (Å²) in [6.45, 7) is 2.24. The lowest BCUT2D eigenvalue weighted by molar-refractivity contribution is 0.269. The quantitative estimate of drug-likeness (QED) is 0.631. The fraction of sp³-hybridized carbons (Fsp3) is 0.600. The molecule has 1 saturated carbocycles.